The number of aryl methyl sites for hydroxylation is 2. The normalized spacial score (nSPS) is 13.8. The number of aromatic nitrogens is 2. The summed E-state index contributed by atoms with van der Waals surface area (Å²) in [6.07, 6.45) is 1.97. The summed E-state index contributed by atoms with van der Waals surface area (Å²) in [4.78, 5) is 13.5. The van der Waals surface area contributed by atoms with Crippen LogP contribution in [0.2, 0.25) is 0 Å². The molecule has 116 valence electrons. The highest BCUT2D eigenvalue weighted by molar-refractivity contribution is 5.74. The van der Waals surface area contributed by atoms with E-state index < -0.39 is 0 Å². The van der Waals surface area contributed by atoms with Crippen LogP contribution in [0.25, 0.3) is 5.69 Å². The third-order valence-electron chi connectivity index (χ3n) is 4.02. The maximum Gasteiger partial charge on any atom is 0.317 e. The first-order chi connectivity index (χ1) is 10.6. The zero-order valence-electron chi connectivity index (χ0n) is 13.2. The van der Waals surface area contributed by atoms with E-state index in [0.29, 0.717) is 6.54 Å². The molecule has 1 aromatic heterocycles. The zero-order valence-corrected chi connectivity index (χ0v) is 13.2. The van der Waals surface area contributed by atoms with E-state index in [9.17, 15) is 4.79 Å². The second-order valence-electron chi connectivity index (χ2n) is 5.83. The van der Waals surface area contributed by atoms with Crippen LogP contribution in [-0.4, -0.2) is 40.3 Å². The predicted molar refractivity (Wildman–Crippen MR) is 86.3 cm³/mol. The first-order valence-corrected chi connectivity index (χ1v) is 7.79. The van der Waals surface area contributed by atoms with Crippen LogP contribution < -0.4 is 5.32 Å². The van der Waals surface area contributed by atoms with Crippen LogP contribution in [0.3, 0.4) is 0 Å². The molecule has 5 nitrogen and oxygen atoms in total. The number of likely N-dealkylation sites (tertiary alicyclic amines) is 1. The van der Waals surface area contributed by atoms with Crippen molar-refractivity contribution in [3.8, 4) is 5.69 Å². The van der Waals surface area contributed by atoms with Crippen molar-refractivity contribution < 1.29 is 4.79 Å². The van der Waals surface area contributed by atoms with Crippen molar-refractivity contribution in [1.29, 1.82) is 0 Å². The average molecular weight is 298 g/mol. The molecule has 22 heavy (non-hydrogen) atoms. The van der Waals surface area contributed by atoms with E-state index in [0.717, 1.165) is 43.0 Å². The molecule has 0 atom stereocenters. The Morgan fingerprint density at radius 1 is 1.23 bits per heavy atom. The van der Waals surface area contributed by atoms with Gasteiger partial charge in [-0.25, -0.2) is 9.48 Å². The van der Waals surface area contributed by atoms with Crippen molar-refractivity contribution in [2.45, 2.75) is 26.7 Å². The molecule has 1 aliphatic heterocycles. The number of nitrogens with one attached hydrogen (secondary N) is 1. The van der Waals surface area contributed by atoms with E-state index in [-0.39, 0.29) is 6.03 Å². The maximum atomic E-state index is 11.7. The van der Waals surface area contributed by atoms with Crippen molar-refractivity contribution in [2.24, 2.45) is 0 Å². The fourth-order valence-corrected chi connectivity index (χ4v) is 2.64. The minimum atomic E-state index is 0.0607. The highest BCUT2D eigenvalue weighted by Crippen LogP contribution is 2.13. The second kappa shape index (κ2) is 6.22. The molecule has 0 aliphatic carbocycles. The van der Waals surface area contributed by atoms with E-state index in [1.54, 1.807) is 0 Å². The Morgan fingerprint density at radius 2 is 1.95 bits per heavy atom. The molecule has 0 bridgehead atoms. The molecule has 0 radical (unpaired) electrons. The number of carbonyl (C=O) groups is 1. The number of urea groups is 1. The van der Waals surface area contributed by atoms with E-state index in [2.05, 4.69) is 47.7 Å². The summed E-state index contributed by atoms with van der Waals surface area (Å²) >= 11 is 0. The van der Waals surface area contributed by atoms with Crippen molar-refractivity contribution >= 4 is 6.03 Å². The van der Waals surface area contributed by atoms with Gasteiger partial charge in [0.05, 0.1) is 11.4 Å². The van der Waals surface area contributed by atoms with Crippen LogP contribution in [0.4, 0.5) is 4.79 Å². The van der Waals surface area contributed by atoms with Gasteiger partial charge in [-0.1, -0.05) is 12.1 Å². The quantitative estimate of drug-likeness (QED) is 0.942. The summed E-state index contributed by atoms with van der Waals surface area (Å²) in [7, 11) is 0. The molecule has 1 aromatic carbocycles. The Kier molecular flexibility index (Phi) is 4.13. The Morgan fingerprint density at radius 3 is 2.50 bits per heavy atom. The van der Waals surface area contributed by atoms with Gasteiger partial charge in [-0.3, -0.25) is 0 Å². The maximum absolute atomic E-state index is 11.7. The largest absolute Gasteiger partial charge is 0.338 e. The van der Waals surface area contributed by atoms with Gasteiger partial charge in [0.2, 0.25) is 0 Å². The van der Waals surface area contributed by atoms with Gasteiger partial charge in [-0.15, -0.1) is 0 Å². The second-order valence-corrected chi connectivity index (χ2v) is 5.83. The molecule has 0 saturated carbocycles. The van der Waals surface area contributed by atoms with Crippen molar-refractivity contribution in [3.05, 3.63) is 47.3 Å². The summed E-state index contributed by atoms with van der Waals surface area (Å²) < 4.78 is 1.95. The van der Waals surface area contributed by atoms with Gasteiger partial charge in [0.1, 0.15) is 0 Å². The van der Waals surface area contributed by atoms with Gasteiger partial charge in [0, 0.05) is 25.3 Å². The van der Waals surface area contributed by atoms with Gasteiger partial charge < -0.3 is 10.2 Å². The van der Waals surface area contributed by atoms with Crippen molar-refractivity contribution in [2.75, 3.05) is 19.6 Å². The molecular formula is C17H22N4O. The Hall–Kier alpha value is -2.30. The third-order valence-corrected chi connectivity index (χ3v) is 4.02. The SMILES string of the molecule is Cc1cc(C)n(-c2ccc(CCNC(=O)N3CCC3)cc2)n1. The Balaban J connectivity index is 1.55. The number of amides is 2. The molecule has 2 heterocycles. The Labute approximate surface area is 130 Å². The van der Waals surface area contributed by atoms with Crippen LogP contribution in [0, 0.1) is 13.8 Å². The number of hydrogen-bond acceptors (Lipinski definition) is 2. The monoisotopic (exact) mass is 298 g/mol. The lowest BCUT2D eigenvalue weighted by Gasteiger charge is -2.30. The Bertz CT molecular complexity index is 656. The van der Waals surface area contributed by atoms with Crippen molar-refractivity contribution in [1.82, 2.24) is 20.0 Å². The molecule has 1 N–H and O–H groups in total. The molecule has 0 spiro atoms. The third kappa shape index (κ3) is 3.13. The fraction of sp³-hybridized carbons (Fsp3) is 0.412. The van der Waals surface area contributed by atoms with E-state index in [4.69, 9.17) is 0 Å². The smallest absolute Gasteiger partial charge is 0.317 e. The summed E-state index contributed by atoms with van der Waals surface area (Å²) in [5.41, 5.74) is 4.44. The van der Waals surface area contributed by atoms with Gasteiger partial charge in [0.25, 0.3) is 0 Å². The van der Waals surface area contributed by atoms with Gasteiger partial charge in [-0.05, 0) is 50.5 Å². The molecule has 1 fully saturated rings. The molecule has 5 heteroatoms. The average Bonchev–Trinajstić information content (AvgIpc) is 2.76. The van der Waals surface area contributed by atoms with Crippen LogP contribution in [0.5, 0.6) is 0 Å². The lowest BCUT2D eigenvalue weighted by Crippen LogP contribution is -2.48. The van der Waals surface area contributed by atoms with Gasteiger partial charge in [-0.2, -0.15) is 5.10 Å². The topological polar surface area (TPSA) is 50.2 Å². The van der Waals surface area contributed by atoms with Crippen LogP contribution in [0.15, 0.2) is 30.3 Å². The van der Waals surface area contributed by atoms with E-state index in [1.165, 1.54) is 5.56 Å². The highest BCUT2D eigenvalue weighted by Gasteiger charge is 2.19. The van der Waals surface area contributed by atoms with Crippen molar-refractivity contribution in [3.63, 3.8) is 0 Å². The van der Waals surface area contributed by atoms with Gasteiger partial charge >= 0.3 is 6.03 Å². The number of carbonyl (C=O) groups excluding carboxylic acids is 1. The first kappa shape index (κ1) is 14.6. The molecular weight excluding hydrogens is 276 g/mol. The van der Waals surface area contributed by atoms with E-state index in [1.807, 2.05) is 16.5 Å². The van der Waals surface area contributed by atoms with Crippen LogP contribution in [0.1, 0.15) is 23.4 Å². The van der Waals surface area contributed by atoms with E-state index >= 15 is 0 Å². The molecule has 1 saturated heterocycles. The molecule has 3 rings (SSSR count). The summed E-state index contributed by atoms with van der Waals surface area (Å²) in [5, 5.41) is 7.45. The number of rotatable bonds is 4. The minimum Gasteiger partial charge on any atom is -0.338 e. The number of nitrogens with zero attached hydrogens (tertiary/aromatic N) is 3. The summed E-state index contributed by atoms with van der Waals surface area (Å²) in [6, 6.07) is 10.5. The number of benzene rings is 1. The highest BCUT2D eigenvalue weighted by atomic mass is 16.2. The molecule has 2 aromatic rings. The first-order valence-electron chi connectivity index (χ1n) is 7.79. The lowest BCUT2D eigenvalue weighted by atomic mass is 10.1. The molecule has 1 aliphatic rings. The summed E-state index contributed by atoms with van der Waals surface area (Å²) in [5.74, 6) is 0. The zero-order chi connectivity index (χ0) is 15.5. The standard InChI is InChI=1S/C17H22N4O/c1-13-12-14(2)21(19-13)16-6-4-15(5-7-16)8-9-18-17(22)20-10-3-11-20/h4-7,12H,3,8-11H2,1-2H3,(H,18,22). The molecule has 2 amide bonds. The molecule has 0 unspecified atom stereocenters. The number of hydrogen-bond donors (Lipinski definition) is 1. The van der Waals surface area contributed by atoms with Crippen LogP contribution in [-0.2, 0) is 6.42 Å². The fourth-order valence-electron chi connectivity index (χ4n) is 2.64. The minimum absolute atomic E-state index is 0.0607. The van der Waals surface area contributed by atoms with Crippen LogP contribution >= 0.6 is 0 Å². The predicted octanol–water partition coefficient (Wildman–Crippen LogP) is 2.45. The summed E-state index contributed by atoms with van der Waals surface area (Å²) in [6.45, 7) is 6.51. The van der Waals surface area contributed by atoms with Gasteiger partial charge in [0.15, 0.2) is 0 Å². The lowest BCUT2D eigenvalue weighted by molar-refractivity contribution is 0.168.